The number of halogens is 2. The van der Waals surface area contributed by atoms with Gasteiger partial charge in [-0.05, 0) is 43.4 Å². The van der Waals surface area contributed by atoms with Crippen LogP contribution in [0, 0.1) is 10.8 Å². The Labute approximate surface area is 212 Å². The van der Waals surface area contributed by atoms with Crippen molar-refractivity contribution in [1.82, 2.24) is 15.5 Å². The minimum Gasteiger partial charge on any atom is -0.465 e. The molecule has 1 saturated heterocycles. The highest BCUT2D eigenvalue weighted by atomic mass is 19.3. The van der Waals surface area contributed by atoms with Gasteiger partial charge in [0.15, 0.2) is 6.29 Å². The summed E-state index contributed by atoms with van der Waals surface area (Å²) in [5.74, 6) is -3.87. The smallest absolute Gasteiger partial charge is 0.405 e. The summed E-state index contributed by atoms with van der Waals surface area (Å²) in [6.07, 6.45) is 2.44. The summed E-state index contributed by atoms with van der Waals surface area (Å²) in [6.45, 7) is 6.45. The van der Waals surface area contributed by atoms with Crippen LogP contribution in [0.1, 0.15) is 79.1 Å². The van der Waals surface area contributed by atoms with Crippen LogP contribution in [0.4, 0.5) is 13.6 Å². The third-order valence-corrected chi connectivity index (χ3v) is 7.40. The van der Waals surface area contributed by atoms with Gasteiger partial charge < -0.3 is 30.1 Å². The van der Waals surface area contributed by atoms with Crippen molar-refractivity contribution in [2.24, 2.45) is 10.8 Å². The number of amides is 3. The van der Waals surface area contributed by atoms with E-state index in [0.29, 0.717) is 13.0 Å². The molecule has 3 atom stereocenters. The number of ether oxygens (including phenoxy) is 2. The Morgan fingerprint density at radius 3 is 2.11 bits per heavy atom. The van der Waals surface area contributed by atoms with Crippen molar-refractivity contribution >= 4 is 17.9 Å². The molecule has 0 bridgehead atoms. The Morgan fingerprint density at radius 2 is 1.64 bits per heavy atom. The highest BCUT2D eigenvalue weighted by Crippen LogP contribution is 2.47. The third-order valence-electron chi connectivity index (χ3n) is 7.40. The van der Waals surface area contributed by atoms with E-state index in [1.165, 1.54) is 19.1 Å². The molecule has 1 aliphatic heterocycles. The zero-order valence-corrected chi connectivity index (χ0v) is 22.4. The first-order valence-electron chi connectivity index (χ1n) is 12.7. The molecule has 2 rings (SSSR count). The van der Waals surface area contributed by atoms with Crippen molar-refractivity contribution in [3.63, 3.8) is 0 Å². The lowest BCUT2D eigenvalue weighted by Crippen LogP contribution is -2.58. The molecule has 9 nitrogen and oxygen atoms in total. The second-order valence-corrected chi connectivity index (χ2v) is 11.6. The minimum atomic E-state index is -2.93. The molecule has 0 radical (unpaired) electrons. The molecule has 1 saturated carbocycles. The van der Waals surface area contributed by atoms with E-state index in [4.69, 9.17) is 9.47 Å². The summed E-state index contributed by atoms with van der Waals surface area (Å²) in [6, 6.07) is -2.76. The maximum atomic E-state index is 13.7. The molecule has 1 aliphatic carbocycles. The van der Waals surface area contributed by atoms with Gasteiger partial charge in [0.05, 0.1) is 6.04 Å². The molecule has 2 aliphatic rings. The Kier molecular flexibility index (Phi) is 10.1. The lowest BCUT2D eigenvalue weighted by atomic mass is 9.72. The molecule has 11 heteroatoms. The van der Waals surface area contributed by atoms with E-state index in [9.17, 15) is 28.3 Å². The van der Waals surface area contributed by atoms with E-state index >= 15 is 0 Å². The number of carboxylic acid groups (broad SMARTS) is 1. The molecule has 3 N–H and O–H groups in total. The van der Waals surface area contributed by atoms with Crippen LogP contribution in [-0.4, -0.2) is 79.0 Å². The second kappa shape index (κ2) is 12.0. The van der Waals surface area contributed by atoms with Gasteiger partial charge in [-0.25, -0.2) is 13.6 Å². The molecule has 0 aromatic rings. The average Bonchev–Trinajstić information content (AvgIpc) is 3.14. The van der Waals surface area contributed by atoms with Crippen LogP contribution in [-0.2, 0) is 19.1 Å². The van der Waals surface area contributed by atoms with Crippen molar-refractivity contribution in [3.8, 4) is 0 Å². The molecule has 2 unspecified atom stereocenters. The maximum absolute atomic E-state index is 13.7. The van der Waals surface area contributed by atoms with Crippen LogP contribution < -0.4 is 10.6 Å². The number of rotatable bonds is 10. The number of alkyl halides is 2. The molecule has 2 fully saturated rings. The van der Waals surface area contributed by atoms with Gasteiger partial charge in [0.25, 0.3) is 0 Å². The standard InChI is InChI=1S/C25H43F2N3O6/c1-23(2,3)18(29-22(33)34)20(32)30-15-25(11-8-7-9-12-25)14-17(30)19(31)28-16(21(35-5)36-6)10-13-24(4,26)27/h16-18,21,29H,7-15H2,1-6H3,(H,28,31)(H,33,34)/t16?,17-,18?/m0/s1. The van der Waals surface area contributed by atoms with Crippen LogP contribution in [0.15, 0.2) is 0 Å². The Bertz CT molecular complexity index is 773. The Hall–Kier alpha value is -2.01. The highest BCUT2D eigenvalue weighted by molar-refractivity contribution is 5.92. The molecule has 36 heavy (non-hydrogen) atoms. The van der Waals surface area contributed by atoms with E-state index in [1.807, 2.05) is 0 Å². The van der Waals surface area contributed by atoms with Gasteiger partial charge in [-0.15, -0.1) is 0 Å². The van der Waals surface area contributed by atoms with Crippen LogP contribution >= 0.6 is 0 Å². The molecule has 0 aromatic heterocycles. The summed E-state index contributed by atoms with van der Waals surface area (Å²) < 4.78 is 37.7. The Morgan fingerprint density at radius 1 is 1.06 bits per heavy atom. The normalized spacial score (nSPS) is 21.9. The monoisotopic (exact) mass is 519 g/mol. The van der Waals surface area contributed by atoms with Crippen LogP contribution in [0.25, 0.3) is 0 Å². The number of nitrogens with one attached hydrogen (secondary N) is 2. The number of likely N-dealkylation sites (tertiary alicyclic amines) is 1. The van der Waals surface area contributed by atoms with Gasteiger partial charge in [-0.2, -0.15) is 0 Å². The number of nitrogens with zero attached hydrogens (tertiary/aromatic N) is 1. The van der Waals surface area contributed by atoms with E-state index in [1.54, 1.807) is 20.8 Å². The Balaban J connectivity index is 2.35. The summed E-state index contributed by atoms with van der Waals surface area (Å²) >= 11 is 0. The van der Waals surface area contributed by atoms with E-state index in [-0.39, 0.29) is 11.8 Å². The molecular weight excluding hydrogens is 476 g/mol. The van der Waals surface area contributed by atoms with Gasteiger partial charge in [0.2, 0.25) is 17.7 Å². The number of methoxy groups -OCH3 is 2. The fourth-order valence-corrected chi connectivity index (χ4v) is 5.51. The van der Waals surface area contributed by atoms with E-state index in [0.717, 1.165) is 39.0 Å². The van der Waals surface area contributed by atoms with Crippen molar-refractivity contribution in [2.75, 3.05) is 20.8 Å². The van der Waals surface area contributed by atoms with Crippen LogP contribution in [0.5, 0.6) is 0 Å². The first-order valence-corrected chi connectivity index (χ1v) is 12.7. The van der Waals surface area contributed by atoms with Gasteiger partial charge in [0.1, 0.15) is 12.1 Å². The lowest BCUT2D eigenvalue weighted by molar-refractivity contribution is -0.148. The molecule has 3 amide bonds. The maximum Gasteiger partial charge on any atom is 0.405 e. The van der Waals surface area contributed by atoms with Gasteiger partial charge >= 0.3 is 6.09 Å². The SMILES string of the molecule is COC(OC)C(CCC(C)(F)F)NC(=O)[C@@H]1CC2(CCCCC2)CN1C(=O)C(NC(=O)O)C(C)(C)C. The first kappa shape index (κ1) is 30.2. The van der Waals surface area contributed by atoms with E-state index < -0.39 is 60.1 Å². The van der Waals surface area contributed by atoms with E-state index in [2.05, 4.69) is 10.6 Å². The molecule has 1 heterocycles. The zero-order valence-electron chi connectivity index (χ0n) is 22.4. The molecular formula is C25H43F2N3O6. The number of carbonyl (C=O) groups is 3. The quantitative estimate of drug-likeness (QED) is 0.379. The number of carbonyl (C=O) groups excluding carboxylic acids is 2. The van der Waals surface area contributed by atoms with Gasteiger partial charge in [-0.1, -0.05) is 40.0 Å². The highest BCUT2D eigenvalue weighted by Gasteiger charge is 2.51. The summed E-state index contributed by atoms with van der Waals surface area (Å²) in [7, 11) is 2.73. The van der Waals surface area contributed by atoms with Crippen LogP contribution in [0.3, 0.4) is 0 Å². The fourth-order valence-electron chi connectivity index (χ4n) is 5.51. The molecule has 0 aromatic carbocycles. The number of hydrogen-bond acceptors (Lipinski definition) is 5. The largest absolute Gasteiger partial charge is 0.465 e. The fraction of sp³-hybridized carbons (Fsp3) is 0.880. The zero-order chi connectivity index (χ0) is 27.3. The average molecular weight is 520 g/mol. The van der Waals surface area contributed by atoms with Crippen molar-refractivity contribution in [2.45, 2.75) is 109 Å². The second-order valence-electron chi connectivity index (χ2n) is 11.6. The van der Waals surface area contributed by atoms with Gasteiger partial charge in [-0.3, -0.25) is 9.59 Å². The first-order chi connectivity index (χ1) is 16.6. The predicted octanol–water partition coefficient (Wildman–Crippen LogP) is 3.76. The topological polar surface area (TPSA) is 117 Å². The van der Waals surface area contributed by atoms with Gasteiger partial charge in [0, 0.05) is 27.2 Å². The van der Waals surface area contributed by atoms with Crippen molar-refractivity contribution in [1.29, 1.82) is 0 Å². The molecule has 208 valence electrons. The summed E-state index contributed by atoms with van der Waals surface area (Å²) in [4.78, 5) is 40.3. The molecule has 1 spiro atoms. The lowest BCUT2D eigenvalue weighted by Gasteiger charge is -2.36. The van der Waals surface area contributed by atoms with Crippen molar-refractivity contribution < 1.29 is 37.7 Å². The van der Waals surface area contributed by atoms with Crippen molar-refractivity contribution in [3.05, 3.63) is 0 Å². The minimum absolute atomic E-state index is 0.0847. The third kappa shape index (κ3) is 7.99. The summed E-state index contributed by atoms with van der Waals surface area (Å²) in [5, 5.41) is 14.5. The number of hydrogen-bond donors (Lipinski definition) is 3. The summed E-state index contributed by atoms with van der Waals surface area (Å²) in [5.41, 5.74) is -0.958. The van der Waals surface area contributed by atoms with Crippen LogP contribution in [0.2, 0.25) is 0 Å². The predicted molar refractivity (Wildman–Crippen MR) is 130 cm³/mol.